The summed E-state index contributed by atoms with van der Waals surface area (Å²) in [6, 6.07) is 6.52. The highest BCUT2D eigenvalue weighted by atomic mass is 16.5. The first-order valence-electron chi connectivity index (χ1n) is 16.5. The van der Waals surface area contributed by atoms with Crippen molar-refractivity contribution in [2.24, 2.45) is 11.8 Å². The highest BCUT2D eigenvalue weighted by molar-refractivity contribution is 6.04. The van der Waals surface area contributed by atoms with Gasteiger partial charge in [-0.05, 0) is 50.5 Å². The zero-order chi connectivity index (χ0) is 31.6. The van der Waals surface area contributed by atoms with Gasteiger partial charge in [0.2, 0.25) is 17.7 Å². The van der Waals surface area contributed by atoms with Crippen LogP contribution in [0.15, 0.2) is 48.6 Å². The van der Waals surface area contributed by atoms with Gasteiger partial charge in [-0.15, -0.1) is 0 Å². The number of rotatable bonds is 11. The number of fused-ring (bicyclic) bond motifs is 2. The van der Waals surface area contributed by atoms with E-state index in [4.69, 9.17) is 14.2 Å². The van der Waals surface area contributed by atoms with Crippen LogP contribution in [0, 0.1) is 11.8 Å². The molecule has 5 aliphatic heterocycles. The number of carbonyl (C=O) groups is 3. The lowest BCUT2D eigenvalue weighted by molar-refractivity contribution is -0.152. The van der Waals surface area contributed by atoms with Crippen molar-refractivity contribution in [1.82, 2.24) is 14.7 Å². The Labute approximate surface area is 265 Å². The van der Waals surface area contributed by atoms with E-state index in [1.807, 2.05) is 67.3 Å². The summed E-state index contributed by atoms with van der Waals surface area (Å²) >= 11 is 0. The third kappa shape index (κ3) is 5.58. The second-order valence-corrected chi connectivity index (χ2v) is 12.5. The number of unbranched alkanes of at least 4 members (excludes halogenated alkanes) is 1. The molecule has 3 fully saturated rings. The van der Waals surface area contributed by atoms with Gasteiger partial charge >= 0.3 is 0 Å². The quantitative estimate of drug-likeness (QED) is 0.294. The summed E-state index contributed by atoms with van der Waals surface area (Å²) in [5.74, 6) is -1.54. The molecule has 1 aromatic carbocycles. The number of hydrogen-bond donors (Lipinski definition) is 1. The Kier molecular flexibility index (Phi) is 9.33. The first-order chi connectivity index (χ1) is 21.9. The molecule has 1 spiro atoms. The Morgan fingerprint density at radius 2 is 1.64 bits per heavy atom. The van der Waals surface area contributed by atoms with E-state index in [1.165, 1.54) is 0 Å². The lowest BCUT2D eigenvalue weighted by Crippen LogP contribution is -2.57. The van der Waals surface area contributed by atoms with E-state index in [1.54, 1.807) is 9.80 Å². The number of aliphatic hydroxyl groups is 1. The number of amides is 3. The second-order valence-electron chi connectivity index (χ2n) is 12.5. The largest absolute Gasteiger partial charge is 0.494 e. The summed E-state index contributed by atoms with van der Waals surface area (Å²) in [5.41, 5.74) is -1.62. The summed E-state index contributed by atoms with van der Waals surface area (Å²) in [6.07, 6.45) is 9.29. The molecule has 5 aliphatic rings. The van der Waals surface area contributed by atoms with Crippen molar-refractivity contribution < 1.29 is 33.7 Å². The van der Waals surface area contributed by atoms with Gasteiger partial charge in [-0.25, -0.2) is 0 Å². The fraction of sp³-hybridized carbons (Fsp3) is 0.618. The SMILES string of the molecule is CCOc1ccc(N2CC=C[C@@]3(CC)O[C@]45C=CCN(CCN6CCOCC6)C(=O)C4N(CCCCO)C(=O)[C@@H]5[C@H]3C2=O)cc1. The molecule has 45 heavy (non-hydrogen) atoms. The van der Waals surface area contributed by atoms with Crippen molar-refractivity contribution >= 4 is 23.4 Å². The first kappa shape index (κ1) is 31.7. The third-order valence-corrected chi connectivity index (χ3v) is 10.1. The molecule has 1 unspecified atom stereocenters. The minimum Gasteiger partial charge on any atom is -0.494 e. The first-order valence-corrected chi connectivity index (χ1v) is 16.5. The van der Waals surface area contributed by atoms with Crippen molar-refractivity contribution in [3.63, 3.8) is 0 Å². The van der Waals surface area contributed by atoms with Gasteiger partial charge in [0.15, 0.2) is 0 Å². The molecule has 6 rings (SSSR count). The van der Waals surface area contributed by atoms with Crippen LogP contribution in [0.25, 0.3) is 0 Å². The topological polar surface area (TPSA) is 112 Å². The average Bonchev–Trinajstić information content (AvgIpc) is 3.34. The average molecular weight is 623 g/mol. The lowest BCUT2D eigenvalue weighted by Gasteiger charge is -2.39. The molecule has 0 radical (unpaired) electrons. The molecule has 11 heteroatoms. The second kappa shape index (κ2) is 13.2. The molecule has 3 saturated heterocycles. The van der Waals surface area contributed by atoms with Gasteiger partial charge in [0.05, 0.1) is 37.3 Å². The number of aliphatic hydroxyl groups excluding tert-OH is 1. The monoisotopic (exact) mass is 622 g/mol. The molecule has 0 aliphatic carbocycles. The molecular weight excluding hydrogens is 576 g/mol. The summed E-state index contributed by atoms with van der Waals surface area (Å²) < 4.78 is 18.2. The van der Waals surface area contributed by atoms with Crippen LogP contribution in [0.2, 0.25) is 0 Å². The van der Waals surface area contributed by atoms with E-state index in [9.17, 15) is 19.5 Å². The van der Waals surface area contributed by atoms with Crippen LogP contribution >= 0.6 is 0 Å². The van der Waals surface area contributed by atoms with E-state index < -0.39 is 29.1 Å². The number of nitrogens with zero attached hydrogens (tertiary/aromatic N) is 4. The molecule has 1 aromatic rings. The van der Waals surface area contributed by atoms with Gasteiger partial charge in [-0.1, -0.05) is 31.2 Å². The van der Waals surface area contributed by atoms with Gasteiger partial charge in [0.1, 0.15) is 17.4 Å². The normalized spacial score (nSPS) is 31.6. The van der Waals surface area contributed by atoms with Gasteiger partial charge in [-0.3, -0.25) is 19.3 Å². The van der Waals surface area contributed by atoms with Gasteiger partial charge in [0.25, 0.3) is 0 Å². The van der Waals surface area contributed by atoms with Crippen molar-refractivity contribution in [2.45, 2.75) is 50.4 Å². The van der Waals surface area contributed by atoms with Crippen LogP contribution in [0.5, 0.6) is 5.75 Å². The molecule has 11 nitrogen and oxygen atoms in total. The van der Waals surface area contributed by atoms with E-state index in [0.717, 1.165) is 18.8 Å². The molecule has 0 aromatic heterocycles. The van der Waals surface area contributed by atoms with Crippen LogP contribution in [-0.2, 0) is 23.9 Å². The van der Waals surface area contributed by atoms with Crippen molar-refractivity contribution in [2.75, 3.05) is 77.1 Å². The molecule has 0 saturated carbocycles. The van der Waals surface area contributed by atoms with Crippen LogP contribution in [0.3, 0.4) is 0 Å². The van der Waals surface area contributed by atoms with Crippen LogP contribution in [-0.4, -0.2) is 127 Å². The number of hydrogen-bond acceptors (Lipinski definition) is 8. The number of anilines is 1. The van der Waals surface area contributed by atoms with E-state index in [-0.39, 0.29) is 24.3 Å². The smallest absolute Gasteiger partial charge is 0.249 e. The maximum absolute atomic E-state index is 14.7. The molecule has 244 valence electrons. The Morgan fingerprint density at radius 3 is 2.36 bits per heavy atom. The maximum atomic E-state index is 14.7. The molecule has 5 atom stereocenters. The van der Waals surface area contributed by atoms with Gasteiger partial charge < -0.3 is 34.0 Å². The highest BCUT2D eigenvalue weighted by Gasteiger charge is 2.75. The van der Waals surface area contributed by atoms with Crippen molar-refractivity contribution in [3.05, 3.63) is 48.6 Å². The summed E-state index contributed by atoms with van der Waals surface area (Å²) in [4.78, 5) is 51.3. The molecule has 3 amide bonds. The highest BCUT2D eigenvalue weighted by Crippen LogP contribution is 2.58. The van der Waals surface area contributed by atoms with Crippen LogP contribution in [0.1, 0.15) is 33.1 Å². The van der Waals surface area contributed by atoms with E-state index >= 15 is 0 Å². The maximum Gasteiger partial charge on any atom is 0.249 e. The Hall–Kier alpha value is -3.25. The molecule has 0 bridgehead atoms. The summed E-state index contributed by atoms with van der Waals surface area (Å²) in [5, 5.41) is 9.51. The summed E-state index contributed by atoms with van der Waals surface area (Å²) in [7, 11) is 0. The standard InChI is InChI=1S/C34H46N4O7/c1-3-33-13-7-17-37(25-9-11-26(12-10-25)44-4-2)30(40)27(33)28-31(41)38(16-5-6-22-39)29-32(42)36(15-8-14-34(28,29)45-33)19-18-35-20-23-43-24-21-35/h7-14,27-29,39H,3-6,15-24H2,1-2H3/t27-,28-,29?,33+,34-/m0/s1. The molecular formula is C34H46N4O7. The minimum atomic E-state index is -1.29. The fourth-order valence-electron chi connectivity index (χ4n) is 7.85. The number of morpholine rings is 1. The van der Waals surface area contributed by atoms with Crippen molar-refractivity contribution in [1.29, 1.82) is 0 Å². The lowest BCUT2D eigenvalue weighted by atomic mass is 9.73. The molecule has 5 heterocycles. The van der Waals surface area contributed by atoms with Crippen LogP contribution < -0.4 is 9.64 Å². The fourth-order valence-corrected chi connectivity index (χ4v) is 7.85. The van der Waals surface area contributed by atoms with Crippen molar-refractivity contribution in [3.8, 4) is 5.75 Å². The number of likely N-dealkylation sites (tertiary alicyclic amines) is 1. The van der Waals surface area contributed by atoms with E-state index in [2.05, 4.69) is 4.90 Å². The molecule has 1 N–H and O–H groups in total. The Morgan fingerprint density at radius 1 is 0.889 bits per heavy atom. The zero-order valence-electron chi connectivity index (χ0n) is 26.4. The van der Waals surface area contributed by atoms with E-state index in [0.29, 0.717) is 77.5 Å². The number of ether oxygens (including phenoxy) is 3. The van der Waals surface area contributed by atoms with Crippen LogP contribution in [0.4, 0.5) is 5.69 Å². The number of carbonyl (C=O) groups excluding carboxylic acids is 3. The Balaban J connectivity index is 1.36. The van der Waals surface area contributed by atoms with Gasteiger partial charge in [0, 0.05) is 58.1 Å². The third-order valence-electron chi connectivity index (χ3n) is 10.1. The predicted molar refractivity (Wildman–Crippen MR) is 168 cm³/mol. The summed E-state index contributed by atoms with van der Waals surface area (Å²) in [6.45, 7) is 9.73. The minimum absolute atomic E-state index is 0.000804. The Bertz CT molecular complexity index is 1310. The van der Waals surface area contributed by atoms with Gasteiger partial charge in [-0.2, -0.15) is 0 Å². The predicted octanol–water partition coefficient (Wildman–Crippen LogP) is 1.85. The number of benzene rings is 1. The zero-order valence-corrected chi connectivity index (χ0v) is 26.4.